The molecule has 0 saturated carbocycles. The molecule has 23 heavy (non-hydrogen) atoms. The second-order valence-corrected chi connectivity index (χ2v) is 4.84. The summed E-state index contributed by atoms with van der Waals surface area (Å²) >= 11 is 0. The molecule has 0 aromatic heterocycles. The third-order valence-corrected chi connectivity index (χ3v) is 3.24. The summed E-state index contributed by atoms with van der Waals surface area (Å²) in [5.74, 6) is -5.64. The quantitative estimate of drug-likeness (QED) is 0.663. The summed E-state index contributed by atoms with van der Waals surface area (Å²) in [4.78, 5) is 45.7. The maximum atomic E-state index is 12.5. The summed E-state index contributed by atoms with van der Waals surface area (Å²) in [6.45, 7) is -0.252. The van der Waals surface area contributed by atoms with Gasteiger partial charge in [-0.1, -0.05) is 0 Å². The van der Waals surface area contributed by atoms with E-state index in [-0.39, 0.29) is 19.4 Å². The van der Waals surface area contributed by atoms with Crippen LogP contribution in [-0.2, 0) is 23.9 Å². The summed E-state index contributed by atoms with van der Waals surface area (Å²) < 4.78 is 41.8. The lowest BCUT2D eigenvalue weighted by atomic mass is 10.1. The van der Waals surface area contributed by atoms with E-state index in [1.807, 2.05) is 5.32 Å². The molecule has 0 aromatic carbocycles. The highest BCUT2D eigenvalue weighted by atomic mass is 19.4. The van der Waals surface area contributed by atoms with Crippen LogP contribution in [0.3, 0.4) is 0 Å². The van der Waals surface area contributed by atoms with Gasteiger partial charge >= 0.3 is 24.0 Å². The molecule has 2 atom stereocenters. The van der Waals surface area contributed by atoms with Crippen molar-refractivity contribution in [2.45, 2.75) is 37.5 Å². The lowest BCUT2D eigenvalue weighted by Gasteiger charge is -2.26. The van der Waals surface area contributed by atoms with E-state index < -0.39 is 48.4 Å². The first kappa shape index (κ1) is 18.7. The van der Waals surface area contributed by atoms with E-state index in [1.54, 1.807) is 0 Å². The average molecular weight is 340 g/mol. The van der Waals surface area contributed by atoms with Crippen molar-refractivity contribution in [3.8, 4) is 0 Å². The van der Waals surface area contributed by atoms with Crippen LogP contribution >= 0.6 is 0 Å². The molecule has 1 aliphatic heterocycles. The van der Waals surface area contributed by atoms with Gasteiger partial charge in [0.2, 0.25) is 5.91 Å². The number of rotatable bonds is 5. The van der Waals surface area contributed by atoms with Crippen molar-refractivity contribution in [1.29, 1.82) is 0 Å². The minimum absolute atomic E-state index is 0.0192. The van der Waals surface area contributed by atoms with Crippen molar-refractivity contribution in [2.75, 3.05) is 13.7 Å². The van der Waals surface area contributed by atoms with Gasteiger partial charge in [0.1, 0.15) is 12.1 Å². The van der Waals surface area contributed by atoms with Crippen molar-refractivity contribution < 1.29 is 42.2 Å². The maximum Gasteiger partial charge on any atom is 0.471 e. The van der Waals surface area contributed by atoms with E-state index >= 15 is 0 Å². The Bertz CT molecular complexity index is 508. The van der Waals surface area contributed by atoms with Crippen molar-refractivity contribution in [3.05, 3.63) is 0 Å². The van der Waals surface area contributed by atoms with E-state index in [0.717, 1.165) is 7.11 Å². The Morgan fingerprint density at radius 1 is 1.35 bits per heavy atom. The molecule has 1 fully saturated rings. The molecule has 0 aromatic rings. The topological polar surface area (TPSA) is 113 Å². The Labute approximate surface area is 128 Å². The molecule has 0 bridgehead atoms. The molecule has 1 aliphatic rings. The predicted molar refractivity (Wildman–Crippen MR) is 67.0 cm³/mol. The van der Waals surface area contributed by atoms with Crippen LogP contribution in [0.15, 0.2) is 0 Å². The van der Waals surface area contributed by atoms with Crippen LogP contribution in [0.25, 0.3) is 0 Å². The van der Waals surface area contributed by atoms with E-state index in [0.29, 0.717) is 4.90 Å². The summed E-state index contributed by atoms with van der Waals surface area (Å²) in [7, 11) is 0.971. The average Bonchev–Trinajstić information content (AvgIpc) is 2.92. The number of alkyl halides is 3. The smallest absolute Gasteiger partial charge is 0.471 e. The Balaban J connectivity index is 2.83. The minimum Gasteiger partial charge on any atom is -0.481 e. The third kappa shape index (κ3) is 4.83. The van der Waals surface area contributed by atoms with Crippen LogP contribution in [0.2, 0.25) is 0 Å². The monoisotopic (exact) mass is 340 g/mol. The number of methoxy groups -OCH3 is 1. The Morgan fingerprint density at radius 2 is 1.96 bits per heavy atom. The molecule has 0 aliphatic carbocycles. The minimum atomic E-state index is -5.12. The van der Waals surface area contributed by atoms with Gasteiger partial charge in [-0.25, -0.2) is 4.79 Å². The number of hydrogen-bond acceptors (Lipinski definition) is 5. The van der Waals surface area contributed by atoms with Gasteiger partial charge in [-0.15, -0.1) is 0 Å². The largest absolute Gasteiger partial charge is 0.481 e. The fraction of sp³-hybridized carbons (Fsp3) is 0.667. The zero-order valence-electron chi connectivity index (χ0n) is 12.1. The number of carboxylic acid groups (broad SMARTS) is 1. The van der Waals surface area contributed by atoms with Gasteiger partial charge < -0.3 is 20.1 Å². The van der Waals surface area contributed by atoms with Gasteiger partial charge in [0.25, 0.3) is 0 Å². The second kappa shape index (κ2) is 7.29. The number of esters is 1. The Kier molecular flexibility index (Phi) is 5.93. The number of aliphatic carboxylic acids is 1. The Hall–Kier alpha value is -2.33. The number of hydrogen-bond donors (Lipinski definition) is 2. The second-order valence-electron chi connectivity index (χ2n) is 4.84. The standard InChI is InChI=1S/C12H15F3N2O6/c1-23-10(21)6(5-8(18)19)16-9(20)7-3-2-4-17(7)11(22)12(13,14)15/h6-7H,2-5H2,1H3,(H,16,20)(H,18,19)/t6-,7-/m0/s1. The number of amides is 2. The zero-order valence-corrected chi connectivity index (χ0v) is 12.1. The van der Waals surface area contributed by atoms with Crippen LogP contribution < -0.4 is 5.32 Å². The van der Waals surface area contributed by atoms with Crippen molar-refractivity contribution >= 4 is 23.8 Å². The molecular weight excluding hydrogens is 325 g/mol. The number of nitrogens with one attached hydrogen (secondary N) is 1. The normalized spacial score (nSPS) is 19.1. The van der Waals surface area contributed by atoms with Crippen molar-refractivity contribution in [2.24, 2.45) is 0 Å². The molecule has 8 nitrogen and oxygen atoms in total. The molecule has 0 unspecified atom stereocenters. The maximum absolute atomic E-state index is 12.5. The summed E-state index contributed by atoms with van der Waals surface area (Å²) in [5.41, 5.74) is 0. The van der Waals surface area contributed by atoms with Gasteiger partial charge in [0.05, 0.1) is 13.5 Å². The molecule has 2 amide bonds. The molecule has 0 spiro atoms. The first-order valence-corrected chi connectivity index (χ1v) is 6.55. The van der Waals surface area contributed by atoms with E-state index in [1.165, 1.54) is 0 Å². The van der Waals surface area contributed by atoms with Gasteiger partial charge in [-0.3, -0.25) is 14.4 Å². The number of carbonyl (C=O) groups excluding carboxylic acids is 3. The molecule has 2 N–H and O–H groups in total. The number of carbonyl (C=O) groups is 4. The first-order valence-electron chi connectivity index (χ1n) is 6.55. The molecule has 1 saturated heterocycles. The van der Waals surface area contributed by atoms with E-state index in [2.05, 4.69) is 4.74 Å². The number of halogens is 3. The van der Waals surface area contributed by atoms with Crippen LogP contribution in [-0.4, -0.2) is 65.7 Å². The van der Waals surface area contributed by atoms with Crippen LogP contribution in [0, 0.1) is 0 Å². The lowest BCUT2D eigenvalue weighted by molar-refractivity contribution is -0.186. The van der Waals surface area contributed by atoms with Crippen LogP contribution in [0.1, 0.15) is 19.3 Å². The fourth-order valence-electron chi connectivity index (χ4n) is 2.22. The molecule has 130 valence electrons. The number of ether oxygens (including phenoxy) is 1. The van der Waals surface area contributed by atoms with Crippen molar-refractivity contribution in [3.63, 3.8) is 0 Å². The number of nitrogens with zero attached hydrogens (tertiary/aromatic N) is 1. The lowest BCUT2D eigenvalue weighted by Crippen LogP contribution is -2.53. The summed E-state index contributed by atoms with van der Waals surface area (Å²) in [6.07, 6.45) is -5.75. The highest BCUT2D eigenvalue weighted by Crippen LogP contribution is 2.25. The fourth-order valence-corrected chi connectivity index (χ4v) is 2.22. The molecule has 11 heteroatoms. The first-order chi connectivity index (χ1) is 10.6. The van der Waals surface area contributed by atoms with Gasteiger partial charge in [0, 0.05) is 6.54 Å². The number of likely N-dealkylation sites (tertiary alicyclic amines) is 1. The number of carboxylic acids is 1. The molecule has 0 radical (unpaired) electrons. The molecule has 1 rings (SSSR count). The zero-order chi connectivity index (χ0) is 17.8. The van der Waals surface area contributed by atoms with Gasteiger partial charge in [0.15, 0.2) is 0 Å². The predicted octanol–water partition coefficient (Wildman–Crippen LogP) is -0.328. The van der Waals surface area contributed by atoms with E-state index in [9.17, 15) is 32.3 Å². The molecular formula is C12H15F3N2O6. The van der Waals surface area contributed by atoms with Gasteiger partial charge in [-0.05, 0) is 12.8 Å². The van der Waals surface area contributed by atoms with Crippen LogP contribution in [0.5, 0.6) is 0 Å². The summed E-state index contributed by atoms with van der Waals surface area (Å²) in [6, 6.07) is -2.96. The molecule has 1 heterocycles. The Morgan fingerprint density at radius 3 is 2.43 bits per heavy atom. The van der Waals surface area contributed by atoms with E-state index in [4.69, 9.17) is 5.11 Å². The van der Waals surface area contributed by atoms with Gasteiger partial charge in [-0.2, -0.15) is 13.2 Å². The highest BCUT2D eigenvalue weighted by Gasteiger charge is 2.48. The van der Waals surface area contributed by atoms with Crippen molar-refractivity contribution in [1.82, 2.24) is 10.2 Å². The third-order valence-electron chi connectivity index (χ3n) is 3.24. The highest BCUT2D eigenvalue weighted by molar-refractivity contribution is 5.93. The van der Waals surface area contributed by atoms with Crippen LogP contribution in [0.4, 0.5) is 13.2 Å². The summed E-state index contributed by atoms with van der Waals surface area (Å²) in [5, 5.41) is 10.7. The SMILES string of the molecule is COC(=O)[C@H](CC(=O)O)NC(=O)[C@@H]1CCCN1C(=O)C(F)(F)F.